The van der Waals surface area contributed by atoms with E-state index in [9.17, 15) is 13.2 Å². The van der Waals surface area contributed by atoms with Gasteiger partial charge in [0.05, 0.1) is 18.2 Å². The van der Waals surface area contributed by atoms with Crippen LogP contribution in [0.5, 0.6) is 5.75 Å². The number of hydrogen-bond donors (Lipinski definition) is 1. The highest BCUT2D eigenvalue weighted by Gasteiger charge is 2.33. The highest BCUT2D eigenvalue weighted by molar-refractivity contribution is 9.10. The van der Waals surface area contributed by atoms with Crippen LogP contribution in [-0.2, 0) is 6.18 Å². The molecule has 1 heterocycles. The van der Waals surface area contributed by atoms with Gasteiger partial charge in [0, 0.05) is 36.2 Å². The largest absolute Gasteiger partial charge is 0.494 e. The van der Waals surface area contributed by atoms with Crippen LogP contribution in [0, 0.1) is 0 Å². The number of hydrogen-bond acceptors (Lipinski definition) is 3. The minimum Gasteiger partial charge on any atom is -0.494 e. The highest BCUT2D eigenvalue weighted by Crippen LogP contribution is 2.39. The SMILES string of the molecule is CCOc1ccc(Br)cc1C(c1cccc(C(F)(F)F)c1)N1CCNCC1. The Morgan fingerprint density at radius 3 is 2.56 bits per heavy atom. The third-order valence-electron chi connectivity index (χ3n) is 4.61. The Bertz CT molecular complexity index is 776. The predicted molar refractivity (Wildman–Crippen MR) is 103 cm³/mol. The van der Waals surface area contributed by atoms with Crippen LogP contribution in [0.2, 0.25) is 0 Å². The molecule has 2 aromatic rings. The highest BCUT2D eigenvalue weighted by atomic mass is 79.9. The molecule has 0 bridgehead atoms. The number of halogens is 4. The Morgan fingerprint density at radius 2 is 1.89 bits per heavy atom. The van der Waals surface area contributed by atoms with Crippen molar-refractivity contribution in [1.29, 1.82) is 0 Å². The second-order valence-corrected chi connectivity index (χ2v) is 7.34. The van der Waals surface area contributed by atoms with Crippen LogP contribution in [0.15, 0.2) is 46.9 Å². The summed E-state index contributed by atoms with van der Waals surface area (Å²) in [6, 6.07) is 11.0. The number of rotatable bonds is 5. The molecule has 1 saturated heterocycles. The molecule has 3 nitrogen and oxygen atoms in total. The van der Waals surface area contributed by atoms with E-state index in [0.29, 0.717) is 17.9 Å². The molecule has 0 spiro atoms. The molecule has 0 aromatic heterocycles. The zero-order valence-electron chi connectivity index (χ0n) is 15.0. The molecule has 1 atom stereocenters. The average Bonchev–Trinajstić information content (AvgIpc) is 2.65. The summed E-state index contributed by atoms with van der Waals surface area (Å²) in [6.07, 6.45) is -4.37. The molecule has 1 aliphatic heterocycles. The van der Waals surface area contributed by atoms with E-state index in [2.05, 4.69) is 26.1 Å². The van der Waals surface area contributed by atoms with E-state index in [1.807, 2.05) is 25.1 Å². The zero-order chi connectivity index (χ0) is 19.4. The van der Waals surface area contributed by atoms with Crippen LogP contribution in [0.25, 0.3) is 0 Å². The maximum atomic E-state index is 13.3. The molecule has 146 valence electrons. The van der Waals surface area contributed by atoms with E-state index < -0.39 is 11.7 Å². The van der Waals surface area contributed by atoms with Gasteiger partial charge in [-0.15, -0.1) is 0 Å². The van der Waals surface area contributed by atoms with Crippen LogP contribution >= 0.6 is 15.9 Å². The summed E-state index contributed by atoms with van der Waals surface area (Å²) in [6.45, 7) is 5.49. The second-order valence-electron chi connectivity index (χ2n) is 6.43. The lowest BCUT2D eigenvalue weighted by Gasteiger charge is -2.36. The lowest BCUT2D eigenvalue weighted by Crippen LogP contribution is -2.45. The molecular weight excluding hydrogens is 421 g/mol. The molecule has 0 amide bonds. The third kappa shape index (κ3) is 4.83. The van der Waals surface area contributed by atoms with Crippen molar-refractivity contribution >= 4 is 15.9 Å². The van der Waals surface area contributed by atoms with E-state index in [-0.39, 0.29) is 6.04 Å². The fraction of sp³-hybridized carbons (Fsp3) is 0.400. The topological polar surface area (TPSA) is 24.5 Å². The van der Waals surface area contributed by atoms with E-state index in [1.165, 1.54) is 12.1 Å². The molecular formula is C20H22BrF3N2O. The van der Waals surface area contributed by atoms with Crippen molar-refractivity contribution in [2.24, 2.45) is 0 Å². The van der Waals surface area contributed by atoms with Gasteiger partial charge in [0.2, 0.25) is 0 Å². The minimum atomic E-state index is -4.37. The lowest BCUT2D eigenvalue weighted by atomic mass is 9.94. The first kappa shape index (κ1) is 20.2. The van der Waals surface area contributed by atoms with Gasteiger partial charge < -0.3 is 10.1 Å². The van der Waals surface area contributed by atoms with Crippen LogP contribution in [0.4, 0.5) is 13.2 Å². The van der Waals surface area contributed by atoms with Gasteiger partial charge in [-0.25, -0.2) is 0 Å². The first-order chi connectivity index (χ1) is 12.9. The van der Waals surface area contributed by atoms with Crippen molar-refractivity contribution in [2.45, 2.75) is 19.1 Å². The maximum Gasteiger partial charge on any atom is 0.416 e. The van der Waals surface area contributed by atoms with E-state index in [0.717, 1.165) is 42.3 Å². The molecule has 7 heteroatoms. The molecule has 2 aromatic carbocycles. The number of ether oxygens (including phenoxy) is 1. The number of nitrogens with zero attached hydrogens (tertiary/aromatic N) is 1. The standard InChI is InChI=1S/C20H22BrF3N2O/c1-2-27-18-7-6-16(21)13-17(18)19(26-10-8-25-9-11-26)14-4-3-5-15(12-14)20(22,23)24/h3-7,12-13,19,25H,2,8-11H2,1H3. The summed E-state index contributed by atoms with van der Waals surface area (Å²) in [5, 5.41) is 3.30. The Morgan fingerprint density at radius 1 is 1.15 bits per heavy atom. The fourth-order valence-corrected chi connectivity index (χ4v) is 3.81. The van der Waals surface area contributed by atoms with Gasteiger partial charge in [0.25, 0.3) is 0 Å². The molecule has 1 N–H and O–H groups in total. The van der Waals surface area contributed by atoms with Gasteiger partial charge in [0.1, 0.15) is 5.75 Å². The normalized spacial score (nSPS) is 16.9. The summed E-state index contributed by atoms with van der Waals surface area (Å²) >= 11 is 3.49. The van der Waals surface area contributed by atoms with E-state index in [1.54, 1.807) is 6.07 Å². The Kier molecular flexibility index (Phi) is 6.44. The van der Waals surface area contributed by atoms with Crippen molar-refractivity contribution in [3.05, 3.63) is 63.6 Å². The van der Waals surface area contributed by atoms with Gasteiger partial charge in [0.15, 0.2) is 0 Å². The van der Waals surface area contributed by atoms with Gasteiger partial charge >= 0.3 is 6.18 Å². The number of piperazine rings is 1. The molecule has 0 aliphatic carbocycles. The smallest absolute Gasteiger partial charge is 0.416 e. The fourth-order valence-electron chi connectivity index (χ4n) is 3.43. The molecule has 27 heavy (non-hydrogen) atoms. The van der Waals surface area contributed by atoms with Crippen LogP contribution in [0.1, 0.15) is 29.7 Å². The first-order valence-corrected chi connectivity index (χ1v) is 9.73. The lowest BCUT2D eigenvalue weighted by molar-refractivity contribution is -0.137. The van der Waals surface area contributed by atoms with Crippen molar-refractivity contribution in [3.8, 4) is 5.75 Å². The van der Waals surface area contributed by atoms with Gasteiger partial charge in [-0.2, -0.15) is 13.2 Å². The van der Waals surface area contributed by atoms with Crippen molar-refractivity contribution in [3.63, 3.8) is 0 Å². The summed E-state index contributed by atoms with van der Waals surface area (Å²) in [4.78, 5) is 2.20. The summed E-state index contributed by atoms with van der Waals surface area (Å²) < 4.78 is 46.5. The van der Waals surface area contributed by atoms with Crippen molar-refractivity contribution in [1.82, 2.24) is 10.2 Å². The van der Waals surface area contributed by atoms with Crippen molar-refractivity contribution < 1.29 is 17.9 Å². The van der Waals surface area contributed by atoms with E-state index >= 15 is 0 Å². The van der Waals surface area contributed by atoms with Gasteiger partial charge in [-0.05, 0) is 42.8 Å². The Labute approximate surface area is 165 Å². The molecule has 3 rings (SSSR count). The van der Waals surface area contributed by atoms with Gasteiger partial charge in [-0.1, -0.05) is 28.1 Å². The summed E-state index contributed by atoms with van der Waals surface area (Å²) in [5.41, 5.74) is 0.853. The maximum absolute atomic E-state index is 13.3. The molecule has 1 aliphatic rings. The number of alkyl halides is 3. The zero-order valence-corrected chi connectivity index (χ0v) is 16.6. The predicted octanol–water partition coefficient (Wildman–Crippen LogP) is 4.86. The van der Waals surface area contributed by atoms with E-state index in [4.69, 9.17) is 4.74 Å². The second kappa shape index (κ2) is 8.63. The Hall–Kier alpha value is -1.57. The van der Waals surface area contributed by atoms with Gasteiger partial charge in [-0.3, -0.25) is 4.90 Å². The Balaban J connectivity index is 2.12. The third-order valence-corrected chi connectivity index (χ3v) is 5.11. The minimum absolute atomic E-state index is 0.312. The number of nitrogens with one attached hydrogen (secondary N) is 1. The molecule has 1 unspecified atom stereocenters. The first-order valence-electron chi connectivity index (χ1n) is 8.94. The van der Waals surface area contributed by atoms with Crippen molar-refractivity contribution in [2.75, 3.05) is 32.8 Å². The summed E-state index contributed by atoms with van der Waals surface area (Å²) in [7, 11) is 0. The van der Waals surface area contributed by atoms with Crippen LogP contribution in [0.3, 0.4) is 0 Å². The average molecular weight is 443 g/mol. The number of benzene rings is 2. The molecule has 0 radical (unpaired) electrons. The molecule has 1 fully saturated rings. The monoisotopic (exact) mass is 442 g/mol. The molecule has 0 saturated carbocycles. The quantitative estimate of drug-likeness (QED) is 0.715. The van der Waals surface area contributed by atoms with Crippen LogP contribution in [-0.4, -0.2) is 37.7 Å². The van der Waals surface area contributed by atoms with Crippen LogP contribution < -0.4 is 10.1 Å². The summed E-state index contributed by atoms with van der Waals surface area (Å²) in [5.74, 6) is 0.696.